The molecule has 1 aliphatic heterocycles. The summed E-state index contributed by atoms with van der Waals surface area (Å²) in [5.74, 6) is -0.491. The molecule has 0 aliphatic carbocycles. The summed E-state index contributed by atoms with van der Waals surface area (Å²) in [6.07, 6.45) is 0.650. The van der Waals surface area contributed by atoms with Gasteiger partial charge in [-0.2, -0.15) is 0 Å². The van der Waals surface area contributed by atoms with Crippen LogP contribution in [0.5, 0.6) is 0 Å². The highest BCUT2D eigenvalue weighted by Gasteiger charge is 2.24. The van der Waals surface area contributed by atoms with Crippen molar-refractivity contribution in [2.24, 2.45) is 0 Å². The third kappa shape index (κ3) is 7.15. The van der Waals surface area contributed by atoms with E-state index in [1.165, 1.54) is 11.3 Å². The molecule has 0 radical (unpaired) electrons. The average Bonchev–Trinajstić information content (AvgIpc) is 3.25. The van der Waals surface area contributed by atoms with Gasteiger partial charge in [0.05, 0.1) is 34.1 Å². The molecule has 0 spiro atoms. The Morgan fingerprint density at radius 2 is 1.91 bits per heavy atom. The molecule has 3 aromatic rings. The number of fused-ring (bicyclic) bond motifs is 1. The lowest BCUT2D eigenvalue weighted by Crippen LogP contribution is -2.39. The minimum Gasteiger partial charge on any atom is -0.379 e. The van der Waals surface area contributed by atoms with E-state index < -0.39 is 9.84 Å². The Labute approximate surface area is 221 Å². The van der Waals surface area contributed by atoms with E-state index in [1.54, 1.807) is 35.2 Å². The Morgan fingerprint density at radius 1 is 1.20 bits per heavy atom. The Balaban J connectivity index is 0.00000342. The lowest BCUT2D eigenvalue weighted by Gasteiger charge is -2.27. The van der Waals surface area contributed by atoms with Crippen molar-refractivity contribution in [2.45, 2.75) is 24.7 Å². The molecule has 0 saturated carbocycles. The predicted octanol–water partition coefficient (Wildman–Crippen LogP) is 4.60. The van der Waals surface area contributed by atoms with Crippen molar-refractivity contribution in [2.75, 3.05) is 50.0 Å². The number of hydrogen-bond acceptors (Lipinski definition) is 7. The third-order valence-electron chi connectivity index (χ3n) is 5.82. The second-order valence-electron chi connectivity index (χ2n) is 8.30. The molecule has 2 aromatic carbocycles. The van der Waals surface area contributed by atoms with Crippen LogP contribution in [0.15, 0.2) is 47.4 Å². The van der Waals surface area contributed by atoms with E-state index in [-0.39, 0.29) is 35.4 Å². The number of sulfone groups is 1. The number of halogens is 2. The van der Waals surface area contributed by atoms with Crippen molar-refractivity contribution in [1.82, 2.24) is 9.88 Å². The number of nitrogens with zero attached hydrogens (tertiary/aromatic N) is 3. The summed E-state index contributed by atoms with van der Waals surface area (Å²) in [7, 11) is -3.55. The number of ether oxygens (including phenoxy) is 1. The largest absolute Gasteiger partial charge is 0.379 e. The van der Waals surface area contributed by atoms with Crippen LogP contribution in [0.25, 0.3) is 10.2 Å². The number of rotatable bonds is 9. The van der Waals surface area contributed by atoms with Crippen molar-refractivity contribution in [3.8, 4) is 0 Å². The maximum atomic E-state index is 13.3. The number of thiazole rings is 1. The van der Waals surface area contributed by atoms with Gasteiger partial charge in [0.25, 0.3) is 0 Å². The van der Waals surface area contributed by atoms with Crippen LogP contribution >= 0.6 is 35.3 Å². The van der Waals surface area contributed by atoms with E-state index in [9.17, 15) is 13.2 Å². The standard InChI is InChI=1S/C24H28ClN3O4S2.ClH/c1-18-16-19(25)17-21-23(18)26-24(33-21)28(10-5-9-27-11-13-32-14-12-27)22(29)8-15-34(30,31)20-6-3-2-4-7-20;/h2-4,6-7,16-17H,5,8-15H2,1H3;1H. The Kier molecular flexibility index (Phi) is 9.92. The quantitative estimate of drug-likeness (QED) is 0.382. The van der Waals surface area contributed by atoms with Gasteiger partial charge in [-0.1, -0.05) is 41.1 Å². The highest BCUT2D eigenvalue weighted by Crippen LogP contribution is 2.33. The second kappa shape index (κ2) is 12.5. The number of hydrogen-bond donors (Lipinski definition) is 0. The first kappa shape index (κ1) is 27.8. The first-order valence-electron chi connectivity index (χ1n) is 11.3. The second-order valence-corrected chi connectivity index (χ2v) is 11.9. The number of benzene rings is 2. The van der Waals surface area contributed by atoms with Gasteiger partial charge in [-0.3, -0.25) is 14.6 Å². The van der Waals surface area contributed by atoms with Gasteiger partial charge in [0.2, 0.25) is 5.91 Å². The van der Waals surface area contributed by atoms with Crippen LogP contribution in [-0.2, 0) is 19.4 Å². The molecule has 0 atom stereocenters. The minimum absolute atomic E-state index is 0. The zero-order valence-electron chi connectivity index (χ0n) is 19.5. The number of morpholine rings is 1. The number of carbonyl (C=O) groups excluding carboxylic acids is 1. The van der Waals surface area contributed by atoms with Crippen LogP contribution in [0, 0.1) is 6.92 Å². The normalized spacial score (nSPS) is 14.6. The smallest absolute Gasteiger partial charge is 0.229 e. The number of aromatic nitrogens is 1. The van der Waals surface area contributed by atoms with Crippen molar-refractivity contribution in [1.29, 1.82) is 0 Å². The van der Waals surface area contributed by atoms with Crippen molar-refractivity contribution < 1.29 is 17.9 Å². The molecule has 7 nitrogen and oxygen atoms in total. The molecule has 2 heterocycles. The van der Waals surface area contributed by atoms with E-state index in [4.69, 9.17) is 21.3 Å². The van der Waals surface area contributed by atoms with Gasteiger partial charge >= 0.3 is 0 Å². The van der Waals surface area contributed by atoms with E-state index in [1.807, 2.05) is 19.1 Å². The van der Waals surface area contributed by atoms with E-state index >= 15 is 0 Å². The summed E-state index contributed by atoms with van der Waals surface area (Å²) in [5.41, 5.74) is 1.75. The molecule has 0 bridgehead atoms. The number of carbonyl (C=O) groups is 1. The Bertz CT molecular complexity index is 1250. The highest BCUT2D eigenvalue weighted by atomic mass is 35.5. The molecule has 1 amide bonds. The highest BCUT2D eigenvalue weighted by molar-refractivity contribution is 7.91. The molecule has 35 heavy (non-hydrogen) atoms. The van der Waals surface area contributed by atoms with Gasteiger partial charge in [-0.05, 0) is 43.2 Å². The topological polar surface area (TPSA) is 79.8 Å². The fraction of sp³-hybridized carbons (Fsp3) is 0.417. The summed E-state index contributed by atoms with van der Waals surface area (Å²) in [6.45, 7) is 6.44. The van der Waals surface area contributed by atoms with Gasteiger partial charge in [0.1, 0.15) is 0 Å². The Morgan fingerprint density at radius 3 is 2.63 bits per heavy atom. The van der Waals surface area contributed by atoms with Crippen LogP contribution in [-0.4, -0.2) is 69.4 Å². The third-order valence-corrected chi connectivity index (χ3v) is 8.79. The van der Waals surface area contributed by atoms with Gasteiger partial charge in [-0.15, -0.1) is 12.4 Å². The molecule has 11 heteroatoms. The average molecular weight is 559 g/mol. The van der Waals surface area contributed by atoms with Crippen LogP contribution in [0.1, 0.15) is 18.4 Å². The fourth-order valence-electron chi connectivity index (χ4n) is 3.96. The maximum absolute atomic E-state index is 13.3. The van der Waals surface area contributed by atoms with Crippen molar-refractivity contribution in [3.63, 3.8) is 0 Å². The van der Waals surface area contributed by atoms with Crippen LogP contribution in [0.4, 0.5) is 5.13 Å². The van der Waals surface area contributed by atoms with E-state index in [0.717, 1.165) is 55.0 Å². The molecule has 0 unspecified atom stereocenters. The summed E-state index contributed by atoms with van der Waals surface area (Å²) >= 11 is 7.62. The lowest BCUT2D eigenvalue weighted by molar-refractivity contribution is -0.118. The number of amides is 1. The van der Waals surface area contributed by atoms with Crippen LogP contribution in [0.3, 0.4) is 0 Å². The maximum Gasteiger partial charge on any atom is 0.229 e. The summed E-state index contributed by atoms with van der Waals surface area (Å²) in [6, 6.07) is 11.9. The summed E-state index contributed by atoms with van der Waals surface area (Å²) in [4.78, 5) is 22.2. The first-order valence-corrected chi connectivity index (χ1v) is 14.1. The predicted molar refractivity (Wildman–Crippen MR) is 144 cm³/mol. The first-order chi connectivity index (χ1) is 16.3. The Hall–Kier alpha value is -1.75. The SMILES string of the molecule is Cc1cc(Cl)cc2sc(N(CCCN3CCOCC3)C(=O)CCS(=O)(=O)c3ccccc3)nc12.Cl. The zero-order chi connectivity index (χ0) is 24.1. The van der Waals surface area contributed by atoms with Crippen LogP contribution < -0.4 is 4.90 Å². The lowest BCUT2D eigenvalue weighted by atomic mass is 10.2. The van der Waals surface area contributed by atoms with E-state index in [2.05, 4.69) is 4.90 Å². The zero-order valence-corrected chi connectivity index (χ0v) is 22.7. The van der Waals surface area contributed by atoms with Gasteiger partial charge < -0.3 is 4.74 Å². The monoisotopic (exact) mass is 557 g/mol. The molecule has 0 N–H and O–H groups in total. The molecule has 4 rings (SSSR count). The van der Waals surface area contributed by atoms with Crippen molar-refractivity contribution >= 4 is 66.4 Å². The number of aryl methyl sites for hydroxylation is 1. The molecule has 1 aromatic heterocycles. The summed E-state index contributed by atoms with van der Waals surface area (Å²) in [5, 5.41) is 1.20. The minimum atomic E-state index is -3.55. The van der Waals surface area contributed by atoms with Crippen LogP contribution in [0.2, 0.25) is 5.02 Å². The van der Waals surface area contributed by atoms with Gasteiger partial charge in [0, 0.05) is 37.6 Å². The molecule has 1 saturated heterocycles. The molecule has 1 aliphatic rings. The number of anilines is 1. The molecule has 1 fully saturated rings. The van der Waals surface area contributed by atoms with Crippen molar-refractivity contribution in [3.05, 3.63) is 53.1 Å². The summed E-state index contributed by atoms with van der Waals surface area (Å²) < 4.78 is 31.8. The van der Waals surface area contributed by atoms with Gasteiger partial charge in [0.15, 0.2) is 15.0 Å². The fourth-order valence-corrected chi connectivity index (χ4v) is 6.68. The van der Waals surface area contributed by atoms with Gasteiger partial charge in [-0.25, -0.2) is 13.4 Å². The molecular formula is C24H29Cl2N3O4S2. The van der Waals surface area contributed by atoms with E-state index in [0.29, 0.717) is 16.7 Å². The molecular weight excluding hydrogens is 529 g/mol. The molecule has 190 valence electrons.